The first-order valence-corrected chi connectivity index (χ1v) is 9.33. The Balaban J connectivity index is 1.73. The molecule has 0 fully saturated rings. The number of rotatable bonds is 6. The van der Waals surface area contributed by atoms with E-state index < -0.39 is 23.8 Å². The van der Waals surface area contributed by atoms with Crippen molar-refractivity contribution in [3.05, 3.63) is 101 Å². The van der Waals surface area contributed by atoms with Crippen LogP contribution in [0, 0.1) is 12.7 Å². The topological polar surface area (TPSA) is 72.5 Å². The molecule has 1 N–H and O–H groups in total. The molecular formula is C24H20FNO4. The zero-order chi connectivity index (χ0) is 21.7. The molecule has 0 heterocycles. The molecule has 3 aromatic rings. The molecule has 3 rings (SSSR count). The molecule has 0 aliphatic carbocycles. The Kier molecular flexibility index (Phi) is 6.37. The van der Waals surface area contributed by atoms with Gasteiger partial charge in [0.2, 0.25) is 0 Å². The van der Waals surface area contributed by atoms with Gasteiger partial charge in [-0.15, -0.1) is 0 Å². The van der Waals surface area contributed by atoms with Gasteiger partial charge in [0.15, 0.2) is 11.9 Å². The number of benzene rings is 3. The van der Waals surface area contributed by atoms with E-state index in [0.29, 0.717) is 11.3 Å². The molecular weight excluding hydrogens is 385 g/mol. The third-order valence-corrected chi connectivity index (χ3v) is 4.47. The number of ether oxygens (including phenoxy) is 1. The van der Waals surface area contributed by atoms with Gasteiger partial charge < -0.3 is 10.1 Å². The molecule has 0 saturated carbocycles. The standard InChI is InChI=1S/C24H20FNO4/c1-15-7-9-17(10-8-15)22(27)20-5-3-4-6-21(20)24(29)30-16(2)23(28)26-19-13-11-18(25)12-14-19/h3-14,16H,1-2H3,(H,26,28)/t16-/m1/s1. The second kappa shape index (κ2) is 9.13. The first kappa shape index (κ1) is 20.9. The van der Waals surface area contributed by atoms with Gasteiger partial charge in [0.25, 0.3) is 5.91 Å². The largest absolute Gasteiger partial charge is 0.449 e. The van der Waals surface area contributed by atoms with E-state index in [0.717, 1.165) is 5.56 Å². The predicted octanol–water partition coefficient (Wildman–Crippen LogP) is 4.55. The summed E-state index contributed by atoms with van der Waals surface area (Å²) >= 11 is 0. The van der Waals surface area contributed by atoms with E-state index in [4.69, 9.17) is 4.74 Å². The first-order chi connectivity index (χ1) is 14.3. The number of aryl methyl sites for hydroxylation is 1. The lowest BCUT2D eigenvalue weighted by Crippen LogP contribution is -2.30. The maximum atomic E-state index is 13.0. The van der Waals surface area contributed by atoms with Crippen LogP contribution in [0.3, 0.4) is 0 Å². The Morgan fingerprint density at radius 2 is 1.47 bits per heavy atom. The highest BCUT2D eigenvalue weighted by Crippen LogP contribution is 2.17. The summed E-state index contributed by atoms with van der Waals surface area (Å²) in [6.45, 7) is 3.33. The fourth-order valence-corrected chi connectivity index (χ4v) is 2.77. The second-order valence-corrected chi connectivity index (χ2v) is 6.78. The summed E-state index contributed by atoms with van der Waals surface area (Å²) in [7, 11) is 0. The SMILES string of the molecule is Cc1ccc(C(=O)c2ccccc2C(=O)O[C@H](C)C(=O)Nc2ccc(F)cc2)cc1. The molecule has 6 heteroatoms. The zero-order valence-electron chi connectivity index (χ0n) is 16.5. The van der Waals surface area contributed by atoms with Crippen molar-refractivity contribution in [2.45, 2.75) is 20.0 Å². The molecule has 0 radical (unpaired) electrons. The number of carbonyl (C=O) groups is 3. The van der Waals surface area contributed by atoms with E-state index >= 15 is 0 Å². The van der Waals surface area contributed by atoms with E-state index in [1.54, 1.807) is 30.3 Å². The Hall–Kier alpha value is -3.80. The highest BCUT2D eigenvalue weighted by atomic mass is 19.1. The third-order valence-electron chi connectivity index (χ3n) is 4.47. The number of anilines is 1. The predicted molar refractivity (Wildman–Crippen MR) is 111 cm³/mol. The summed E-state index contributed by atoms with van der Waals surface area (Å²) in [5, 5.41) is 2.54. The number of nitrogens with one attached hydrogen (secondary N) is 1. The van der Waals surface area contributed by atoms with Gasteiger partial charge in [0, 0.05) is 16.8 Å². The molecule has 30 heavy (non-hydrogen) atoms. The van der Waals surface area contributed by atoms with Crippen LogP contribution in [0.25, 0.3) is 0 Å². The molecule has 0 aromatic heterocycles. The van der Waals surface area contributed by atoms with Crippen LogP contribution in [-0.2, 0) is 9.53 Å². The lowest BCUT2D eigenvalue weighted by Gasteiger charge is -2.15. The van der Waals surface area contributed by atoms with Crippen LogP contribution in [0.4, 0.5) is 10.1 Å². The van der Waals surface area contributed by atoms with E-state index in [2.05, 4.69) is 5.32 Å². The van der Waals surface area contributed by atoms with Gasteiger partial charge >= 0.3 is 5.97 Å². The maximum Gasteiger partial charge on any atom is 0.339 e. The number of amides is 1. The molecule has 1 atom stereocenters. The van der Waals surface area contributed by atoms with Crippen LogP contribution in [0.5, 0.6) is 0 Å². The minimum Gasteiger partial charge on any atom is -0.449 e. The van der Waals surface area contributed by atoms with Crippen molar-refractivity contribution >= 4 is 23.3 Å². The second-order valence-electron chi connectivity index (χ2n) is 6.78. The van der Waals surface area contributed by atoms with Crippen molar-refractivity contribution in [2.75, 3.05) is 5.32 Å². The molecule has 0 saturated heterocycles. The average molecular weight is 405 g/mol. The van der Waals surface area contributed by atoms with Crippen molar-refractivity contribution in [2.24, 2.45) is 0 Å². The summed E-state index contributed by atoms with van der Waals surface area (Å²) < 4.78 is 18.2. The number of hydrogen-bond donors (Lipinski definition) is 1. The first-order valence-electron chi connectivity index (χ1n) is 9.33. The van der Waals surface area contributed by atoms with Gasteiger partial charge in [-0.2, -0.15) is 0 Å². The number of esters is 1. The summed E-state index contributed by atoms with van der Waals surface area (Å²) in [5.74, 6) is -2.10. The Morgan fingerprint density at radius 3 is 2.10 bits per heavy atom. The van der Waals surface area contributed by atoms with Gasteiger partial charge in [0.05, 0.1) is 5.56 Å². The third kappa shape index (κ3) is 4.97. The lowest BCUT2D eigenvalue weighted by atomic mass is 9.98. The van der Waals surface area contributed by atoms with E-state index in [1.165, 1.54) is 37.3 Å². The van der Waals surface area contributed by atoms with Gasteiger partial charge in [-0.1, -0.05) is 48.0 Å². The Morgan fingerprint density at radius 1 is 0.867 bits per heavy atom. The number of halogens is 1. The van der Waals surface area contributed by atoms with Crippen LogP contribution < -0.4 is 5.32 Å². The number of ketones is 1. The molecule has 5 nitrogen and oxygen atoms in total. The smallest absolute Gasteiger partial charge is 0.339 e. The van der Waals surface area contributed by atoms with E-state index in [9.17, 15) is 18.8 Å². The van der Waals surface area contributed by atoms with Crippen molar-refractivity contribution in [1.82, 2.24) is 0 Å². The lowest BCUT2D eigenvalue weighted by molar-refractivity contribution is -0.123. The minimum absolute atomic E-state index is 0.0736. The normalized spacial score (nSPS) is 11.4. The summed E-state index contributed by atoms with van der Waals surface area (Å²) in [5.41, 5.74) is 2.10. The van der Waals surface area contributed by atoms with Gasteiger partial charge in [-0.05, 0) is 44.2 Å². The average Bonchev–Trinajstić information content (AvgIpc) is 2.75. The fraction of sp³-hybridized carbons (Fsp3) is 0.125. The van der Waals surface area contributed by atoms with Gasteiger partial charge in [-0.3, -0.25) is 9.59 Å². The van der Waals surface area contributed by atoms with Crippen molar-refractivity contribution in [3.63, 3.8) is 0 Å². The fourth-order valence-electron chi connectivity index (χ4n) is 2.77. The molecule has 3 aromatic carbocycles. The Labute approximate surface area is 173 Å². The van der Waals surface area contributed by atoms with Gasteiger partial charge in [-0.25, -0.2) is 9.18 Å². The zero-order valence-corrected chi connectivity index (χ0v) is 16.5. The van der Waals surface area contributed by atoms with Gasteiger partial charge in [0.1, 0.15) is 5.82 Å². The monoisotopic (exact) mass is 405 g/mol. The van der Waals surface area contributed by atoms with Crippen LogP contribution in [0.15, 0.2) is 72.8 Å². The number of hydrogen-bond acceptors (Lipinski definition) is 4. The summed E-state index contributed by atoms with van der Waals surface area (Å²) in [4.78, 5) is 37.8. The highest BCUT2D eigenvalue weighted by molar-refractivity contribution is 6.14. The van der Waals surface area contributed by atoms with Crippen LogP contribution in [-0.4, -0.2) is 23.8 Å². The molecule has 0 bridgehead atoms. The quantitative estimate of drug-likeness (QED) is 0.482. The molecule has 152 valence electrons. The minimum atomic E-state index is -1.12. The molecule has 0 aliphatic heterocycles. The molecule has 0 aliphatic rings. The van der Waals surface area contributed by atoms with Crippen molar-refractivity contribution < 1.29 is 23.5 Å². The number of carbonyl (C=O) groups excluding carboxylic acids is 3. The van der Waals surface area contributed by atoms with Crippen LogP contribution in [0.2, 0.25) is 0 Å². The van der Waals surface area contributed by atoms with E-state index in [1.807, 2.05) is 19.1 Å². The highest BCUT2D eigenvalue weighted by Gasteiger charge is 2.23. The van der Waals surface area contributed by atoms with Crippen molar-refractivity contribution in [3.8, 4) is 0 Å². The summed E-state index contributed by atoms with van der Waals surface area (Å²) in [6.07, 6.45) is -1.12. The maximum absolute atomic E-state index is 13.0. The van der Waals surface area contributed by atoms with Crippen LogP contribution >= 0.6 is 0 Å². The Bertz CT molecular complexity index is 1080. The van der Waals surface area contributed by atoms with Crippen molar-refractivity contribution in [1.29, 1.82) is 0 Å². The summed E-state index contributed by atoms with van der Waals surface area (Å²) in [6, 6.07) is 18.5. The van der Waals surface area contributed by atoms with E-state index in [-0.39, 0.29) is 16.9 Å². The molecule has 0 spiro atoms. The van der Waals surface area contributed by atoms with Crippen LogP contribution in [0.1, 0.15) is 38.8 Å². The molecule has 0 unspecified atom stereocenters. The molecule has 1 amide bonds.